The number of carbonyl (C=O) groups excluding carboxylic acids is 1. The third-order valence-corrected chi connectivity index (χ3v) is 4.21. The Balaban J connectivity index is 2.47. The summed E-state index contributed by atoms with van der Waals surface area (Å²) in [5.74, 6) is 1.10. The third-order valence-electron chi connectivity index (χ3n) is 4.21. The van der Waals surface area contributed by atoms with Gasteiger partial charge in [-0.25, -0.2) is 0 Å². The van der Waals surface area contributed by atoms with E-state index in [-0.39, 0.29) is 5.92 Å². The number of hydrogen-bond acceptors (Lipinski definition) is 2. The van der Waals surface area contributed by atoms with Crippen LogP contribution in [-0.4, -0.2) is 37.0 Å². The number of rotatable bonds is 9. The Bertz CT molecular complexity index is 245. The summed E-state index contributed by atoms with van der Waals surface area (Å²) in [7, 11) is 0. The van der Waals surface area contributed by atoms with Crippen LogP contribution in [0.1, 0.15) is 59.3 Å². The summed E-state index contributed by atoms with van der Waals surface area (Å²) in [6.07, 6.45) is 7.22. The predicted octanol–water partition coefficient (Wildman–Crippen LogP) is 3.05. The summed E-state index contributed by atoms with van der Waals surface area (Å²) in [5.41, 5.74) is 0. The Hall–Kier alpha value is -0.570. The van der Waals surface area contributed by atoms with Crippen molar-refractivity contribution in [3.63, 3.8) is 0 Å². The molecule has 1 fully saturated rings. The predicted molar refractivity (Wildman–Crippen MR) is 81.2 cm³/mol. The van der Waals surface area contributed by atoms with Crippen LogP contribution in [0, 0.1) is 11.8 Å². The standard InChI is InChI=1S/C16H32N2O/c1-4-6-8-10-18(11-9-7-5-2)16(19)15-13-17-12-14(15)3/h14-15,17H,4-13H2,1-3H3/t14-,15-/m1/s1. The molecule has 0 radical (unpaired) electrons. The monoisotopic (exact) mass is 268 g/mol. The van der Waals surface area contributed by atoms with Gasteiger partial charge >= 0.3 is 0 Å². The van der Waals surface area contributed by atoms with E-state index in [1.807, 2.05) is 0 Å². The first-order valence-corrected chi connectivity index (χ1v) is 8.20. The zero-order valence-corrected chi connectivity index (χ0v) is 13.1. The molecule has 0 unspecified atom stereocenters. The highest BCUT2D eigenvalue weighted by molar-refractivity contribution is 5.79. The summed E-state index contributed by atoms with van der Waals surface area (Å²) in [6.45, 7) is 10.4. The number of nitrogens with one attached hydrogen (secondary N) is 1. The van der Waals surface area contributed by atoms with Crippen molar-refractivity contribution in [2.45, 2.75) is 59.3 Å². The second kappa shape index (κ2) is 9.35. The van der Waals surface area contributed by atoms with Gasteiger partial charge in [0.25, 0.3) is 0 Å². The summed E-state index contributed by atoms with van der Waals surface area (Å²) in [6, 6.07) is 0. The van der Waals surface area contributed by atoms with E-state index in [0.717, 1.165) is 39.0 Å². The minimum atomic E-state index is 0.211. The molecule has 1 N–H and O–H groups in total. The van der Waals surface area contributed by atoms with Crippen LogP contribution in [0.25, 0.3) is 0 Å². The van der Waals surface area contributed by atoms with Crippen LogP contribution in [0.2, 0.25) is 0 Å². The van der Waals surface area contributed by atoms with E-state index >= 15 is 0 Å². The van der Waals surface area contributed by atoms with Gasteiger partial charge in [-0.05, 0) is 25.3 Å². The number of unbranched alkanes of at least 4 members (excludes halogenated alkanes) is 4. The van der Waals surface area contributed by atoms with Crippen molar-refractivity contribution in [1.29, 1.82) is 0 Å². The fraction of sp³-hybridized carbons (Fsp3) is 0.938. The molecule has 1 saturated heterocycles. The van der Waals surface area contributed by atoms with Gasteiger partial charge < -0.3 is 10.2 Å². The lowest BCUT2D eigenvalue weighted by atomic mass is 9.96. The van der Waals surface area contributed by atoms with Crippen molar-refractivity contribution in [3.8, 4) is 0 Å². The molecule has 3 heteroatoms. The summed E-state index contributed by atoms with van der Waals surface area (Å²) >= 11 is 0. The van der Waals surface area contributed by atoms with Gasteiger partial charge in [-0.3, -0.25) is 4.79 Å². The fourth-order valence-corrected chi connectivity index (χ4v) is 2.81. The molecule has 0 saturated carbocycles. The van der Waals surface area contributed by atoms with Gasteiger partial charge in [0.05, 0.1) is 5.92 Å². The van der Waals surface area contributed by atoms with E-state index in [0.29, 0.717) is 11.8 Å². The van der Waals surface area contributed by atoms with E-state index in [2.05, 4.69) is 31.0 Å². The van der Waals surface area contributed by atoms with Gasteiger partial charge in [-0.2, -0.15) is 0 Å². The molecule has 0 bridgehead atoms. The summed E-state index contributed by atoms with van der Waals surface area (Å²) < 4.78 is 0. The van der Waals surface area contributed by atoms with E-state index in [1.165, 1.54) is 25.7 Å². The normalized spacial score (nSPS) is 22.7. The van der Waals surface area contributed by atoms with E-state index in [1.54, 1.807) is 0 Å². The molecule has 2 atom stereocenters. The zero-order valence-electron chi connectivity index (χ0n) is 13.1. The lowest BCUT2D eigenvalue weighted by Gasteiger charge is -2.27. The van der Waals surface area contributed by atoms with Crippen molar-refractivity contribution in [1.82, 2.24) is 10.2 Å². The lowest BCUT2D eigenvalue weighted by molar-refractivity contribution is -0.136. The third kappa shape index (κ3) is 5.52. The summed E-state index contributed by atoms with van der Waals surface area (Å²) in [5, 5.41) is 3.34. The molecule has 1 rings (SSSR count). The maximum absolute atomic E-state index is 12.6. The molecule has 1 amide bonds. The molecule has 0 aromatic heterocycles. The Kier molecular flexibility index (Phi) is 8.11. The largest absolute Gasteiger partial charge is 0.342 e. The summed E-state index contributed by atoms with van der Waals surface area (Å²) in [4.78, 5) is 14.8. The molecule has 1 aliphatic heterocycles. The molecular weight excluding hydrogens is 236 g/mol. The SMILES string of the molecule is CCCCCN(CCCCC)C(=O)[C@@H]1CNC[C@H]1C. The van der Waals surface area contributed by atoms with Gasteiger partial charge in [0.15, 0.2) is 0 Å². The Labute approximate surface area is 119 Å². The van der Waals surface area contributed by atoms with Gasteiger partial charge in [0.1, 0.15) is 0 Å². The maximum Gasteiger partial charge on any atom is 0.227 e. The van der Waals surface area contributed by atoms with Crippen LogP contribution >= 0.6 is 0 Å². The van der Waals surface area contributed by atoms with Gasteiger partial charge in [-0.15, -0.1) is 0 Å². The quantitative estimate of drug-likeness (QED) is 0.652. The van der Waals surface area contributed by atoms with Crippen molar-refractivity contribution in [2.75, 3.05) is 26.2 Å². The highest BCUT2D eigenvalue weighted by atomic mass is 16.2. The molecule has 0 aliphatic carbocycles. The molecule has 0 spiro atoms. The second-order valence-electron chi connectivity index (χ2n) is 5.98. The molecule has 3 nitrogen and oxygen atoms in total. The minimum Gasteiger partial charge on any atom is -0.342 e. The first kappa shape index (κ1) is 16.5. The number of nitrogens with zero attached hydrogens (tertiary/aromatic N) is 1. The maximum atomic E-state index is 12.6. The molecular formula is C16H32N2O. The topological polar surface area (TPSA) is 32.3 Å². The number of carbonyl (C=O) groups is 1. The van der Waals surface area contributed by atoms with Crippen LogP contribution < -0.4 is 5.32 Å². The zero-order chi connectivity index (χ0) is 14.1. The van der Waals surface area contributed by atoms with E-state index < -0.39 is 0 Å². The average molecular weight is 268 g/mol. The minimum absolute atomic E-state index is 0.211. The van der Waals surface area contributed by atoms with Crippen molar-refractivity contribution >= 4 is 5.91 Å². The van der Waals surface area contributed by atoms with Crippen LogP contribution in [0.15, 0.2) is 0 Å². The van der Waals surface area contributed by atoms with Crippen molar-refractivity contribution in [2.24, 2.45) is 11.8 Å². The van der Waals surface area contributed by atoms with Crippen LogP contribution in [0.3, 0.4) is 0 Å². The average Bonchev–Trinajstić information content (AvgIpc) is 2.83. The van der Waals surface area contributed by atoms with Crippen LogP contribution in [-0.2, 0) is 4.79 Å². The van der Waals surface area contributed by atoms with Gasteiger partial charge in [-0.1, -0.05) is 46.5 Å². The van der Waals surface area contributed by atoms with Crippen molar-refractivity contribution < 1.29 is 4.79 Å². The van der Waals surface area contributed by atoms with E-state index in [9.17, 15) is 4.79 Å². The van der Waals surface area contributed by atoms with Crippen LogP contribution in [0.5, 0.6) is 0 Å². The van der Waals surface area contributed by atoms with Crippen LogP contribution in [0.4, 0.5) is 0 Å². The lowest BCUT2D eigenvalue weighted by Crippen LogP contribution is -2.40. The highest BCUT2D eigenvalue weighted by Gasteiger charge is 2.32. The Morgan fingerprint density at radius 3 is 2.05 bits per heavy atom. The first-order chi connectivity index (χ1) is 9.20. The second-order valence-corrected chi connectivity index (χ2v) is 5.98. The fourth-order valence-electron chi connectivity index (χ4n) is 2.81. The Morgan fingerprint density at radius 1 is 1.05 bits per heavy atom. The van der Waals surface area contributed by atoms with Crippen molar-refractivity contribution in [3.05, 3.63) is 0 Å². The number of amides is 1. The smallest absolute Gasteiger partial charge is 0.227 e. The Morgan fingerprint density at radius 2 is 1.63 bits per heavy atom. The molecule has 0 aromatic carbocycles. The molecule has 1 heterocycles. The van der Waals surface area contributed by atoms with E-state index in [4.69, 9.17) is 0 Å². The first-order valence-electron chi connectivity index (χ1n) is 8.20. The molecule has 1 aliphatic rings. The molecule has 0 aromatic rings. The molecule has 112 valence electrons. The highest BCUT2D eigenvalue weighted by Crippen LogP contribution is 2.19. The van der Waals surface area contributed by atoms with Gasteiger partial charge in [0.2, 0.25) is 5.91 Å². The molecule has 19 heavy (non-hydrogen) atoms. The van der Waals surface area contributed by atoms with Gasteiger partial charge in [0, 0.05) is 19.6 Å². The number of hydrogen-bond donors (Lipinski definition) is 1.